The van der Waals surface area contributed by atoms with Gasteiger partial charge in [-0.2, -0.15) is 0 Å². The van der Waals surface area contributed by atoms with E-state index >= 15 is 0 Å². The average molecular weight is 522 g/mol. The summed E-state index contributed by atoms with van der Waals surface area (Å²) in [5, 5.41) is 0.555. The van der Waals surface area contributed by atoms with Gasteiger partial charge in [0.1, 0.15) is 17.8 Å². The van der Waals surface area contributed by atoms with Crippen LogP contribution < -0.4 is 20.9 Å². The van der Waals surface area contributed by atoms with Gasteiger partial charge in [-0.3, -0.25) is 23.6 Å². The van der Waals surface area contributed by atoms with Gasteiger partial charge in [-0.1, -0.05) is 17.4 Å². The SMILES string of the molecule is COc1ccc(C)c2sc(N(CCN(C)C)C(=O)Cn3cnc4c3c(=O)n(C)c(=O)n4C)nc12.Cl. The van der Waals surface area contributed by atoms with Crippen molar-refractivity contribution >= 4 is 56.2 Å². The fraction of sp³-hybridized carbons (Fsp3) is 0.409. The van der Waals surface area contributed by atoms with E-state index in [-0.39, 0.29) is 36.0 Å². The molecule has 188 valence electrons. The molecule has 0 unspecified atom stereocenters. The number of nitrogens with zero attached hydrogens (tertiary/aromatic N) is 7. The number of benzene rings is 1. The van der Waals surface area contributed by atoms with Crippen LogP contribution in [0.3, 0.4) is 0 Å². The molecule has 0 saturated carbocycles. The smallest absolute Gasteiger partial charge is 0.332 e. The number of carbonyl (C=O) groups excluding carboxylic acids is 1. The van der Waals surface area contributed by atoms with Gasteiger partial charge in [0.15, 0.2) is 16.3 Å². The van der Waals surface area contributed by atoms with Crippen LogP contribution in [0.4, 0.5) is 5.13 Å². The summed E-state index contributed by atoms with van der Waals surface area (Å²) in [6.07, 6.45) is 1.42. The first kappa shape index (κ1) is 26.4. The molecule has 1 aromatic carbocycles. The topological polar surface area (TPSA) is 107 Å². The minimum absolute atomic E-state index is 0. The monoisotopic (exact) mass is 521 g/mol. The number of thiazole rings is 1. The normalized spacial score (nSPS) is 11.3. The zero-order valence-electron chi connectivity index (χ0n) is 20.4. The maximum absolute atomic E-state index is 13.5. The Morgan fingerprint density at radius 1 is 1.14 bits per heavy atom. The van der Waals surface area contributed by atoms with E-state index in [4.69, 9.17) is 9.72 Å². The number of halogens is 1. The van der Waals surface area contributed by atoms with E-state index in [1.165, 1.54) is 33.8 Å². The molecule has 0 saturated heterocycles. The van der Waals surface area contributed by atoms with Crippen LogP contribution in [0.2, 0.25) is 0 Å². The van der Waals surface area contributed by atoms with Crippen LogP contribution in [0.15, 0.2) is 28.0 Å². The Morgan fingerprint density at radius 2 is 1.86 bits per heavy atom. The third-order valence-electron chi connectivity index (χ3n) is 5.74. The second-order valence-corrected chi connectivity index (χ2v) is 9.34. The van der Waals surface area contributed by atoms with Crippen molar-refractivity contribution in [3.63, 3.8) is 0 Å². The molecule has 4 aromatic rings. The van der Waals surface area contributed by atoms with E-state index in [9.17, 15) is 14.4 Å². The number of aromatic nitrogens is 5. The molecule has 4 rings (SSSR count). The first-order valence-corrected chi connectivity index (χ1v) is 11.5. The van der Waals surface area contributed by atoms with Gasteiger partial charge >= 0.3 is 5.69 Å². The molecule has 0 radical (unpaired) electrons. The largest absolute Gasteiger partial charge is 0.494 e. The van der Waals surface area contributed by atoms with E-state index in [1.54, 1.807) is 19.1 Å². The predicted octanol–water partition coefficient (Wildman–Crippen LogP) is 1.38. The third kappa shape index (κ3) is 4.68. The molecule has 0 aliphatic rings. The lowest BCUT2D eigenvalue weighted by molar-refractivity contribution is -0.119. The zero-order valence-corrected chi connectivity index (χ0v) is 22.1. The summed E-state index contributed by atoms with van der Waals surface area (Å²) in [5.41, 5.74) is 1.23. The second-order valence-electron chi connectivity index (χ2n) is 8.36. The molecule has 0 aliphatic heterocycles. The van der Waals surface area contributed by atoms with Gasteiger partial charge in [0, 0.05) is 27.2 Å². The summed E-state index contributed by atoms with van der Waals surface area (Å²) in [5.74, 6) is 0.404. The maximum atomic E-state index is 13.5. The Labute approximate surface area is 211 Å². The molecule has 0 N–H and O–H groups in total. The van der Waals surface area contributed by atoms with Crippen LogP contribution in [0.1, 0.15) is 5.56 Å². The number of amides is 1. The zero-order chi connectivity index (χ0) is 24.7. The van der Waals surface area contributed by atoms with E-state index in [2.05, 4.69) is 4.98 Å². The van der Waals surface area contributed by atoms with E-state index in [0.29, 0.717) is 29.5 Å². The number of imidazole rings is 1. The van der Waals surface area contributed by atoms with Crippen LogP contribution >= 0.6 is 23.7 Å². The number of aryl methyl sites for hydroxylation is 2. The summed E-state index contributed by atoms with van der Waals surface area (Å²) in [6.45, 7) is 2.91. The van der Waals surface area contributed by atoms with Crippen LogP contribution in [0.25, 0.3) is 21.4 Å². The highest BCUT2D eigenvalue weighted by Crippen LogP contribution is 2.36. The Morgan fingerprint density at radius 3 is 2.51 bits per heavy atom. The number of rotatable bonds is 7. The van der Waals surface area contributed by atoms with Crippen molar-refractivity contribution in [2.45, 2.75) is 13.5 Å². The molecule has 35 heavy (non-hydrogen) atoms. The number of hydrogen-bond donors (Lipinski definition) is 0. The standard InChI is InChI=1S/C22H27N7O4S.ClH/c1-13-7-8-14(33-6)16-18(13)34-21(24-16)29(10-9-25(2)3)15(30)11-28-12-23-19-17(28)20(31)27(5)22(32)26(19)4;/h7-8,12H,9-11H2,1-6H3;1H. The molecular weight excluding hydrogens is 494 g/mol. The van der Waals surface area contributed by atoms with E-state index < -0.39 is 11.2 Å². The van der Waals surface area contributed by atoms with Crippen LogP contribution in [-0.2, 0) is 25.4 Å². The average Bonchev–Trinajstić information content (AvgIpc) is 3.42. The second kappa shape index (κ2) is 10.2. The van der Waals surface area contributed by atoms with Crippen molar-refractivity contribution in [3.8, 4) is 5.75 Å². The lowest BCUT2D eigenvalue weighted by atomic mass is 10.2. The molecule has 13 heteroatoms. The van der Waals surface area contributed by atoms with E-state index in [1.807, 2.05) is 38.1 Å². The minimum atomic E-state index is -0.497. The number of ether oxygens (including phenoxy) is 1. The summed E-state index contributed by atoms with van der Waals surface area (Å²) in [6, 6.07) is 3.83. The fourth-order valence-corrected chi connectivity index (χ4v) is 4.85. The van der Waals surface area contributed by atoms with E-state index in [0.717, 1.165) is 14.8 Å². The van der Waals surface area contributed by atoms with Crippen molar-refractivity contribution in [2.24, 2.45) is 14.1 Å². The first-order chi connectivity index (χ1) is 16.1. The number of fused-ring (bicyclic) bond motifs is 2. The highest BCUT2D eigenvalue weighted by molar-refractivity contribution is 7.22. The lowest BCUT2D eigenvalue weighted by Gasteiger charge is -2.22. The third-order valence-corrected chi connectivity index (χ3v) is 6.95. The van der Waals surface area contributed by atoms with Crippen LogP contribution in [0, 0.1) is 6.92 Å². The summed E-state index contributed by atoms with van der Waals surface area (Å²) < 4.78 is 10.2. The van der Waals surface area contributed by atoms with Crippen molar-refractivity contribution in [1.29, 1.82) is 0 Å². The van der Waals surface area contributed by atoms with Gasteiger partial charge in [-0.05, 0) is 32.6 Å². The van der Waals surface area contributed by atoms with Crippen molar-refractivity contribution < 1.29 is 9.53 Å². The molecular formula is C22H28ClN7O4S. The Hall–Kier alpha value is -3.22. The van der Waals surface area contributed by atoms with Gasteiger partial charge < -0.3 is 14.2 Å². The number of likely N-dealkylation sites (N-methyl/N-ethyl adjacent to an activating group) is 1. The Bertz CT molecular complexity index is 1520. The lowest BCUT2D eigenvalue weighted by Crippen LogP contribution is -2.40. The summed E-state index contributed by atoms with van der Waals surface area (Å²) in [4.78, 5) is 51.1. The Kier molecular flexibility index (Phi) is 7.68. The van der Waals surface area contributed by atoms with Gasteiger partial charge in [0.2, 0.25) is 5.91 Å². The quantitative estimate of drug-likeness (QED) is 0.361. The first-order valence-electron chi connectivity index (χ1n) is 10.6. The molecule has 3 heterocycles. The van der Waals surface area contributed by atoms with Crippen LogP contribution in [0.5, 0.6) is 5.75 Å². The van der Waals surface area contributed by atoms with Gasteiger partial charge in [-0.15, -0.1) is 12.4 Å². The van der Waals surface area contributed by atoms with Crippen LogP contribution in [-0.4, -0.2) is 68.8 Å². The number of methoxy groups -OCH3 is 1. The molecule has 0 aliphatic carbocycles. The molecule has 0 bridgehead atoms. The maximum Gasteiger partial charge on any atom is 0.332 e. The highest BCUT2D eigenvalue weighted by Gasteiger charge is 2.24. The summed E-state index contributed by atoms with van der Waals surface area (Å²) in [7, 11) is 8.41. The number of carbonyl (C=O) groups is 1. The van der Waals surface area contributed by atoms with Crippen molar-refractivity contribution in [2.75, 3.05) is 39.2 Å². The van der Waals surface area contributed by atoms with Crippen molar-refractivity contribution in [3.05, 3.63) is 44.9 Å². The molecule has 3 aromatic heterocycles. The highest BCUT2D eigenvalue weighted by atomic mass is 35.5. The molecule has 11 nitrogen and oxygen atoms in total. The molecule has 1 amide bonds. The van der Waals surface area contributed by atoms with Crippen molar-refractivity contribution in [1.82, 2.24) is 28.6 Å². The van der Waals surface area contributed by atoms with Gasteiger partial charge in [0.25, 0.3) is 5.56 Å². The van der Waals surface area contributed by atoms with Gasteiger partial charge in [0.05, 0.1) is 18.1 Å². The number of anilines is 1. The number of hydrogen-bond acceptors (Lipinski definition) is 8. The molecule has 0 atom stereocenters. The summed E-state index contributed by atoms with van der Waals surface area (Å²) >= 11 is 1.43. The predicted molar refractivity (Wildman–Crippen MR) is 139 cm³/mol. The molecule has 0 spiro atoms. The fourth-order valence-electron chi connectivity index (χ4n) is 3.75. The molecule has 0 fully saturated rings. The minimum Gasteiger partial charge on any atom is -0.494 e. The van der Waals surface area contributed by atoms with Gasteiger partial charge in [-0.25, -0.2) is 14.8 Å². The Balaban J connectivity index is 0.00000342.